The lowest BCUT2D eigenvalue weighted by molar-refractivity contribution is 0.0718. The van der Waals surface area contributed by atoms with Crippen LogP contribution in [0.15, 0.2) is 6.20 Å². The Morgan fingerprint density at radius 1 is 1.56 bits per heavy atom. The van der Waals surface area contributed by atoms with Gasteiger partial charge in [0.05, 0.1) is 6.20 Å². The van der Waals surface area contributed by atoms with Crippen LogP contribution in [0, 0.1) is 5.41 Å². The molecular weight excluding hydrogens is 228 g/mol. The van der Waals surface area contributed by atoms with Gasteiger partial charge in [-0.05, 0) is 32.2 Å². The second-order valence-electron chi connectivity index (χ2n) is 5.09. The molecule has 1 aliphatic rings. The number of carbonyl (C=O) groups is 1. The molecule has 5 nitrogen and oxygen atoms in total. The minimum absolute atomic E-state index is 0.204. The number of ketones is 1. The molecule has 0 amide bonds. The topological polar surface area (TPSA) is 59.8 Å². The Morgan fingerprint density at radius 2 is 2.39 bits per heavy atom. The van der Waals surface area contributed by atoms with Crippen molar-refractivity contribution >= 4 is 5.78 Å². The van der Waals surface area contributed by atoms with E-state index in [1.54, 1.807) is 10.9 Å². The first-order valence-corrected chi connectivity index (χ1v) is 6.87. The van der Waals surface area contributed by atoms with E-state index in [0.717, 1.165) is 45.3 Å². The lowest BCUT2D eigenvalue weighted by Crippen LogP contribution is -2.45. The first-order valence-electron chi connectivity index (χ1n) is 6.87. The highest BCUT2D eigenvalue weighted by atomic mass is 16.1. The monoisotopic (exact) mass is 250 g/mol. The minimum atomic E-state index is -0.258. The average molecular weight is 250 g/mol. The SMILES string of the molecule is CCCn1nncc1C(=O)C1(CC)CCCNC1. The van der Waals surface area contributed by atoms with Gasteiger partial charge in [0, 0.05) is 18.5 Å². The maximum absolute atomic E-state index is 12.8. The zero-order valence-electron chi connectivity index (χ0n) is 11.3. The molecule has 5 heteroatoms. The molecule has 100 valence electrons. The molecule has 1 aromatic heterocycles. The largest absolute Gasteiger partial charge is 0.316 e. The molecule has 1 N–H and O–H groups in total. The molecule has 1 aromatic rings. The summed E-state index contributed by atoms with van der Waals surface area (Å²) in [6.07, 6.45) is 5.47. The average Bonchev–Trinajstić information content (AvgIpc) is 2.87. The number of rotatable bonds is 5. The lowest BCUT2D eigenvalue weighted by atomic mass is 9.74. The fraction of sp³-hybridized carbons (Fsp3) is 0.769. The predicted molar refractivity (Wildman–Crippen MR) is 69.5 cm³/mol. The van der Waals surface area contributed by atoms with Crippen LogP contribution in [-0.4, -0.2) is 33.9 Å². The molecule has 0 spiro atoms. The van der Waals surface area contributed by atoms with Crippen molar-refractivity contribution in [1.29, 1.82) is 0 Å². The Balaban J connectivity index is 2.25. The van der Waals surface area contributed by atoms with Gasteiger partial charge in [-0.25, -0.2) is 4.68 Å². The number of hydrogen-bond acceptors (Lipinski definition) is 4. The lowest BCUT2D eigenvalue weighted by Gasteiger charge is -2.35. The van der Waals surface area contributed by atoms with Crippen LogP contribution in [0.3, 0.4) is 0 Å². The van der Waals surface area contributed by atoms with E-state index in [9.17, 15) is 4.79 Å². The van der Waals surface area contributed by atoms with Gasteiger partial charge in [-0.3, -0.25) is 4.79 Å². The maximum atomic E-state index is 12.8. The summed E-state index contributed by atoms with van der Waals surface area (Å²) in [6, 6.07) is 0. The van der Waals surface area contributed by atoms with E-state index in [4.69, 9.17) is 0 Å². The normalized spacial score (nSPS) is 24.1. The second kappa shape index (κ2) is 5.61. The number of aryl methyl sites for hydroxylation is 1. The van der Waals surface area contributed by atoms with Gasteiger partial charge in [0.25, 0.3) is 0 Å². The van der Waals surface area contributed by atoms with E-state index >= 15 is 0 Å². The molecule has 1 saturated heterocycles. The molecule has 0 bridgehead atoms. The van der Waals surface area contributed by atoms with E-state index in [0.29, 0.717) is 5.69 Å². The molecule has 1 aliphatic heterocycles. The third-order valence-corrected chi connectivity index (χ3v) is 3.92. The summed E-state index contributed by atoms with van der Waals surface area (Å²) in [5.41, 5.74) is 0.410. The highest BCUT2D eigenvalue weighted by Crippen LogP contribution is 2.33. The second-order valence-corrected chi connectivity index (χ2v) is 5.09. The number of piperidine rings is 1. The molecule has 0 aromatic carbocycles. The van der Waals surface area contributed by atoms with Crippen molar-refractivity contribution in [2.24, 2.45) is 5.41 Å². The zero-order valence-corrected chi connectivity index (χ0v) is 11.3. The summed E-state index contributed by atoms with van der Waals surface area (Å²) in [5, 5.41) is 11.3. The van der Waals surface area contributed by atoms with Crippen LogP contribution >= 0.6 is 0 Å². The number of nitrogens with zero attached hydrogens (tertiary/aromatic N) is 3. The van der Waals surface area contributed by atoms with Crippen molar-refractivity contribution in [3.05, 3.63) is 11.9 Å². The van der Waals surface area contributed by atoms with Crippen molar-refractivity contribution in [3.63, 3.8) is 0 Å². The van der Waals surface area contributed by atoms with E-state index in [-0.39, 0.29) is 11.2 Å². The van der Waals surface area contributed by atoms with Crippen molar-refractivity contribution < 1.29 is 4.79 Å². The van der Waals surface area contributed by atoms with Gasteiger partial charge in [0.15, 0.2) is 5.78 Å². The van der Waals surface area contributed by atoms with Crippen molar-refractivity contribution in [2.75, 3.05) is 13.1 Å². The fourth-order valence-electron chi connectivity index (χ4n) is 2.71. The van der Waals surface area contributed by atoms with Crippen molar-refractivity contribution in [1.82, 2.24) is 20.3 Å². The van der Waals surface area contributed by atoms with E-state index < -0.39 is 0 Å². The molecule has 1 unspecified atom stereocenters. The Labute approximate surface area is 108 Å². The Hall–Kier alpha value is -1.23. The fourth-order valence-corrected chi connectivity index (χ4v) is 2.71. The summed E-state index contributed by atoms with van der Waals surface area (Å²) in [5.74, 6) is 0.204. The minimum Gasteiger partial charge on any atom is -0.316 e. The zero-order chi connectivity index (χ0) is 13.0. The van der Waals surface area contributed by atoms with Crippen LogP contribution in [0.25, 0.3) is 0 Å². The van der Waals surface area contributed by atoms with Crippen LogP contribution in [0.5, 0.6) is 0 Å². The standard InChI is InChI=1S/C13H22N4O/c1-3-8-17-11(9-15-16-17)12(18)13(4-2)6-5-7-14-10-13/h9,14H,3-8,10H2,1-2H3. The number of nitrogens with one attached hydrogen (secondary N) is 1. The highest BCUT2D eigenvalue weighted by molar-refractivity contribution is 5.99. The van der Waals surface area contributed by atoms with E-state index in [1.165, 1.54) is 0 Å². The quantitative estimate of drug-likeness (QED) is 0.807. The van der Waals surface area contributed by atoms with Gasteiger partial charge in [0.1, 0.15) is 5.69 Å². The van der Waals surface area contributed by atoms with Gasteiger partial charge in [-0.1, -0.05) is 19.1 Å². The molecule has 0 saturated carbocycles. The molecule has 0 radical (unpaired) electrons. The van der Waals surface area contributed by atoms with Crippen LogP contribution < -0.4 is 5.32 Å². The highest BCUT2D eigenvalue weighted by Gasteiger charge is 2.39. The number of hydrogen-bond donors (Lipinski definition) is 1. The number of carbonyl (C=O) groups excluding carboxylic acids is 1. The van der Waals surface area contributed by atoms with Crippen LogP contribution in [-0.2, 0) is 6.54 Å². The summed E-state index contributed by atoms with van der Waals surface area (Å²) < 4.78 is 1.74. The smallest absolute Gasteiger partial charge is 0.189 e. The van der Waals surface area contributed by atoms with Gasteiger partial charge in [0.2, 0.25) is 0 Å². The molecule has 2 heterocycles. The number of Topliss-reactive ketones (excluding diaryl/α,β-unsaturated/α-hetero) is 1. The van der Waals surface area contributed by atoms with Crippen molar-refractivity contribution in [3.8, 4) is 0 Å². The van der Waals surface area contributed by atoms with Crippen LogP contribution in [0.4, 0.5) is 0 Å². The van der Waals surface area contributed by atoms with Gasteiger partial charge in [-0.15, -0.1) is 5.10 Å². The molecule has 2 rings (SSSR count). The first-order chi connectivity index (χ1) is 8.73. The predicted octanol–water partition coefficient (Wildman–Crippen LogP) is 1.65. The van der Waals surface area contributed by atoms with Gasteiger partial charge < -0.3 is 5.32 Å². The summed E-state index contributed by atoms with van der Waals surface area (Å²) >= 11 is 0. The van der Waals surface area contributed by atoms with Crippen LogP contribution in [0.1, 0.15) is 50.0 Å². The van der Waals surface area contributed by atoms with Gasteiger partial charge >= 0.3 is 0 Å². The Morgan fingerprint density at radius 3 is 3.00 bits per heavy atom. The molecule has 0 aliphatic carbocycles. The maximum Gasteiger partial charge on any atom is 0.189 e. The van der Waals surface area contributed by atoms with Gasteiger partial charge in [-0.2, -0.15) is 0 Å². The molecule has 1 fully saturated rings. The first kappa shape index (κ1) is 13.2. The van der Waals surface area contributed by atoms with Crippen molar-refractivity contribution in [2.45, 2.75) is 46.1 Å². The number of aromatic nitrogens is 3. The third-order valence-electron chi connectivity index (χ3n) is 3.92. The molecule has 18 heavy (non-hydrogen) atoms. The Kier molecular flexibility index (Phi) is 4.11. The van der Waals surface area contributed by atoms with Crippen LogP contribution in [0.2, 0.25) is 0 Å². The Bertz CT molecular complexity index is 407. The molecule has 1 atom stereocenters. The van der Waals surface area contributed by atoms with E-state index in [2.05, 4.69) is 29.5 Å². The van der Waals surface area contributed by atoms with E-state index in [1.807, 2.05) is 0 Å². The summed E-state index contributed by atoms with van der Waals surface area (Å²) in [6.45, 7) is 6.72. The summed E-state index contributed by atoms with van der Waals surface area (Å²) in [7, 11) is 0. The molecular formula is C13H22N4O. The third kappa shape index (κ3) is 2.32. The summed E-state index contributed by atoms with van der Waals surface area (Å²) in [4.78, 5) is 12.8.